The van der Waals surface area contributed by atoms with Crippen molar-refractivity contribution < 1.29 is 13.2 Å². The molecule has 92 valence electrons. The maximum Gasteiger partial charge on any atom is 0.133 e. The van der Waals surface area contributed by atoms with Crippen LogP contribution in [0, 0.1) is 17.5 Å². The Morgan fingerprint density at radius 2 is 1.50 bits per heavy atom. The minimum absolute atomic E-state index is 0.251. The maximum atomic E-state index is 14.0. The third-order valence-corrected chi connectivity index (χ3v) is 7.17. The van der Waals surface area contributed by atoms with E-state index in [4.69, 9.17) is 0 Å². The summed E-state index contributed by atoms with van der Waals surface area (Å²) in [5, 5.41) is 1.47. The van der Waals surface area contributed by atoms with Gasteiger partial charge in [0.2, 0.25) is 0 Å². The van der Waals surface area contributed by atoms with Gasteiger partial charge in [0.15, 0.2) is 0 Å². The Labute approximate surface area is 104 Å². The average molecular weight is 264 g/mol. The monoisotopic (exact) mass is 264 g/mol. The highest BCUT2D eigenvalue weighted by Crippen LogP contribution is 2.32. The van der Waals surface area contributed by atoms with E-state index in [-0.39, 0.29) is 5.56 Å². The summed E-state index contributed by atoms with van der Waals surface area (Å²) >= 11 is 0. The van der Waals surface area contributed by atoms with E-state index in [9.17, 15) is 13.2 Å². The smallest absolute Gasteiger partial charge is 0.133 e. The quantitative estimate of drug-likeness (QED) is 0.642. The van der Waals surface area contributed by atoms with Crippen molar-refractivity contribution in [2.24, 2.45) is 0 Å². The molecule has 2 aromatic carbocycles. The van der Waals surface area contributed by atoms with Gasteiger partial charge in [0.1, 0.15) is 25.5 Å². The van der Waals surface area contributed by atoms with Crippen molar-refractivity contribution >= 4 is 18.4 Å². The first-order chi connectivity index (χ1) is 8.43. The minimum atomic E-state index is -2.20. The number of fused-ring (bicyclic) bond motifs is 3. The Balaban J connectivity index is 2.48. The lowest BCUT2D eigenvalue weighted by Crippen LogP contribution is -2.49. The topological polar surface area (TPSA) is 0 Å². The Bertz CT molecular complexity index is 662. The van der Waals surface area contributed by atoms with Gasteiger partial charge >= 0.3 is 0 Å². The zero-order valence-corrected chi connectivity index (χ0v) is 11.0. The van der Waals surface area contributed by atoms with Crippen LogP contribution in [0.4, 0.5) is 13.2 Å². The van der Waals surface area contributed by atoms with E-state index < -0.39 is 25.5 Å². The summed E-state index contributed by atoms with van der Waals surface area (Å²) in [5.74, 6) is -1.70. The molecule has 0 N–H and O–H groups in total. The fourth-order valence-corrected chi connectivity index (χ4v) is 5.81. The summed E-state index contributed by atoms with van der Waals surface area (Å²) in [4.78, 5) is 0. The summed E-state index contributed by atoms with van der Waals surface area (Å²) in [7, 11) is -2.20. The van der Waals surface area contributed by atoms with E-state index in [0.717, 1.165) is 11.3 Å². The number of halogens is 3. The van der Waals surface area contributed by atoms with Crippen LogP contribution in [0.5, 0.6) is 0 Å². The highest BCUT2D eigenvalue weighted by molar-refractivity contribution is 7.03. The molecule has 18 heavy (non-hydrogen) atoms. The summed E-state index contributed by atoms with van der Waals surface area (Å²) in [6.07, 6.45) is 0. The van der Waals surface area contributed by atoms with Crippen molar-refractivity contribution in [1.82, 2.24) is 0 Å². The van der Waals surface area contributed by atoms with E-state index in [2.05, 4.69) is 0 Å². The van der Waals surface area contributed by atoms with Crippen LogP contribution in [-0.4, -0.2) is 8.07 Å². The first-order valence-electron chi connectivity index (χ1n) is 5.72. The zero-order valence-electron chi connectivity index (χ0n) is 10.0. The Morgan fingerprint density at radius 3 is 2.22 bits per heavy atom. The van der Waals surface area contributed by atoms with E-state index in [1.807, 2.05) is 19.2 Å². The summed E-state index contributed by atoms with van der Waals surface area (Å²) in [6.45, 7) is 3.96. The second kappa shape index (κ2) is 3.48. The lowest BCUT2D eigenvalue weighted by molar-refractivity contribution is 0.585. The first-order valence-corrected chi connectivity index (χ1v) is 8.72. The molecule has 0 radical (unpaired) electrons. The molecule has 0 unspecified atom stereocenters. The summed E-state index contributed by atoms with van der Waals surface area (Å²) < 4.78 is 41.3. The second-order valence-corrected chi connectivity index (χ2v) is 9.42. The predicted octanol–water partition coefficient (Wildman–Crippen LogP) is 2.91. The van der Waals surface area contributed by atoms with Crippen LogP contribution < -0.4 is 10.4 Å². The van der Waals surface area contributed by atoms with Gasteiger partial charge in [0.05, 0.1) is 0 Å². The minimum Gasteiger partial charge on any atom is -0.207 e. The summed E-state index contributed by atoms with van der Waals surface area (Å²) in [5.41, 5.74) is 0.572. The summed E-state index contributed by atoms with van der Waals surface area (Å²) in [6, 6.07) is 6.95. The standard InChI is InChI=1S/C14H11F3Si/c1-18(2)11-5-3-4-9(16)13(11)14-10(17)6-8(15)7-12(14)18/h3-7H,1-2H3. The molecular weight excluding hydrogens is 253 g/mol. The molecule has 0 nitrogen and oxygen atoms in total. The van der Waals surface area contributed by atoms with Gasteiger partial charge < -0.3 is 0 Å². The molecule has 0 bridgehead atoms. The van der Waals surface area contributed by atoms with Crippen LogP contribution in [0.2, 0.25) is 13.1 Å². The highest BCUT2D eigenvalue weighted by Gasteiger charge is 2.40. The van der Waals surface area contributed by atoms with Crippen LogP contribution in [0.3, 0.4) is 0 Å². The van der Waals surface area contributed by atoms with Crippen molar-refractivity contribution in [1.29, 1.82) is 0 Å². The normalized spacial score (nSPS) is 15.4. The van der Waals surface area contributed by atoms with Crippen molar-refractivity contribution in [2.45, 2.75) is 13.1 Å². The third-order valence-electron chi connectivity index (χ3n) is 3.67. The van der Waals surface area contributed by atoms with Crippen LogP contribution >= 0.6 is 0 Å². The van der Waals surface area contributed by atoms with Gasteiger partial charge in [-0.25, -0.2) is 13.2 Å². The van der Waals surface area contributed by atoms with Crippen molar-refractivity contribution in [2.75, 3.05) is 0 Å². The fourth-order valence-electron chi connectivity index (χ4n) is 2.76. The first kappa shape index (κ1) is 11.5. The Morgan fingerprint density at radius 1 is 0.833 bits per heavy atom. The van der Waals surface area contributed by atoms with Crippen molar-refractivity contribution in [3.63, 3.8) is 0 Å². The van der Waals surface area contributed by atoms with Crippen molar-refractivity contribution in [3.8, 4) is 11.1 Å². The molecule has 0 amide bonds. The second-order valence-electron chi connectivity index (χ2n) is 5.10. The Kier molecular flexibility index (Phi) is 2.23. The highest BCUT2D eigenvalue weighted by atomic mass is 28.3. The number of rotatable bonds is 0. The lowest BCUT2D eigenvalue weighted by Gasteiger charge is -2.18. The molecule has 0 fully saturated rings. The van der Waals surface area contributed by atoms with Gasteiger partial charge in [0, 0.05) is 17.2 Å². The van der Waals surface area contributed by atoms with E-state index in [1.54, 1.807) is 6.07 Å². The van der Waals surface area contributed by atoms with Gasteiger partial charge in [0.25, 0.3) is 0 Å². The fraction of sp³-hybridized carbons (Fsp3) is 0.143. The maximum absolute atomic E-state index is 14.0. The van der Waals surface area contributed by atoms with E-state index in [1.165, 1.54) is 12.1 Å². The molecule has 0 saturated carbocycles. The molecule has 1 aliphatic rings. The molecule has 4 heteroatoms. The zero-order chi connectivity index (χ0) is 13.1. The molecular formula is C14H11F3Si. The van der Waals surface area contributed by atoms with Crippen LogP contribution in [0.1, 0.15) is 0 Å². The van der Waals surface area contributed by atoms with Gasteiger partial charge in [-0.1, -0.05) is 25.2 Å². The van der Waals surface area contributed by atoms with Crippen LogP contribution in [0.15, 0.2) is 30.3 Å². The molecule has 1 heterocycles. The number of hydrogen-bond donors (Lipinski definition) is 0. The largest absolute Gasteiger partial charge is 0.207 e. The lowest BCUT2D eigenvalue weighted by atomic mass is 10.0. The van der Waals surface area contributed by atoms with Crippen LogP contribution in [-0.2, 0) is 0 Å². The SMILES string of the molecule is C[Si]1(C)c2cccc(F)c2-c2c(F)cc(F)cc21. The average Bonchev–Trinajstić information content (AvgIpc) is 2.50. The molecule has 3 rings (SSSR count). The molecule has 0 atom stereocenters. The van der Waals surface area contributed by atoms with Gasteiger partial charge in [-0.2, -0.15) is 0 Å². The molecule has 0 aliphatic carbocycles. The van der Waals surface area contributed by atoms with E-state index >= 15 is 0 Å². The van der Waals surface area contributed by atoms with Crippen LogP contribution in [0.25, 0.3) is 11.1 Å². The van der Waals surface area contributed by atoms with E-state index in [0.29, 0.717) is 10.8 Å². The van der Waals surface area contributed by atoms with Crippen molar-refractivity contribution in [3.05, 3.63) is 47.8 Å². The van der Waals surface area contributed by atoms with Gasteiger partial charge in [-0.05, 0) is 22.5 Å². The molecule has 0 aromatic heterocycles. The molecule has 2 aromatic rings. The van der Waals surface area contributed by atoms with Gasteiger partial charge in [-0.15, -0.1) is 0 Å². The van der Waals surface area contributed by atoms with Gasteiger partial charge in [-0.3, -0.25) is 0 Å². The Hall–Kier alpha value is -1.55. The number of benzene rings is 2. The predicted molar refractivity (Wildman–Crippen MR) is 68.5 cm³/mol. The molecule has 0 saturated heterocycles. The molecule has 0 spiro atoms. The number of hydrogen-bond acceptors (Lipinski definition) is 0. The molecule has 1 aliphatic heterocycles. The third kappa shape index (κ3) is 1.32.